The minimum Gasteiger partial charge on any atom is -0.480 e. The average molecular weight is 278 g/mol. The first kappa shape index (κ1) is 16.0. The second kappa shape index (κ2) is 8.19. The summed E-state index contributed by atoms with van der Waals surface area (Å²) in [6, 6.07) is 8.97. The van der Waals surface area contributed by atoms with Crippen molar-refractivity contribution in [1.82, 2.24) is 5.32 Å². The normalized spacial score (nSPS) is 11.8. The van der Waals surface area contributed by atoms with E-state index in [1.807, 2.05) is 44.2 Å². The molecule has 5 nitrogen and oxygen atoms in total. The van der Waals surface area contributed by atoms with Crippen LogP contribution in [0.2, 0.25) is 0 Å². The van der Waals surface area contributed by atoms with E-state index in [0.29, 0.717) is 6.61 Å². The fourth-order valence-corrected chi connectivity index (χ4v) is 1.67. The first-order valence-electron chi connectivity index (χ1n) is 6.73. The van der Waals surface area contributed by atoms with Crippen molar-refractivity contribution < 1.29 is 14.3 Å². The van der Waals surface area contributed by atoms with Crippen LogP contribution in [-0.4, -0.2) is 24.6 Å². The molecule has 0 saturated heterocycles. The average Bonchev–Trinajstić information content (AvgIpc) is 2.43. The zero-order valence-electron chi connectivity index (χ0n) is 12.2. The first-order valence-corrected chi connectivity index (χ1v) is 6.73. The van der Waals surface area contributed by atoms with Crippen LogP contribution in [0.5, 0.6) is 0 Å². The Labute approximate surface area is 119 Å². The molecule has 0 bridgehead atoms. The van der Waals surface area contributed by atoms with Gasteiger partial charge in [0.15, 0.2) is 0 Å². The number of alkyl carbamates (subject to hydrolysis) is 1. The maximum atomic E-state index is 11.8. The molecule has 1 aromatic rings. The monoisotopic (exact) mass is 278 g/mol. The molecule has 0 saturated carbocycles. The minimum atomic E-state index is -0.544. The number of rotatable bonds is 6. The summed E-state index contributed by atoms with van der Waals surface area (Å²) in [5, 5.41) is 10.4. The quantitative estimate of drug-likeness (QED) is 0.620. The zero-order valence-corrected chi connectivity index (χ0v) is 12.2. The highest BCUT2D eigenvalue weighted by Crippen LogP contribution is 2.06. The predicted octanol–water partition coefficient (Wildman–Crippen LogP) is 2.95. The molecular formula is C15H22N2O3. The van der Waals surface area contributed by atoms with Crippen LogP contribution in [0.4, 0.5) is 4.79 Å². The minimum absolute atomic E-state index is 0.0540. The SMILES string of the molecule is CCOC(=N)[C@H](NC(=O)OCc1ccccc1)C(C)C. The van der Waals surface area contributed by atoms with Gasteiger partial charge in [-0.25, -0.2) is 4.79 Å². The lowest BCUT2D eigenvalue weighted by Gasteiger charge is -2.22. The first-order chi connectivity index (χ1) is 9.54. The van der Waals surface area contributed by atoms with Crippen molar-refractivity contribution in [2.24, 2.45) is 5.92 Å². The number of carbonyl (C=O) groups is 1. The number of nitrogens with one attached hydrogen (secondary N) is 2. The predicted molar refractivity (Wildman–Crippen MR) is 77.7 cm³/mol. The molecule has 5 heteroatoms. The van der Waals surface area contributed by atoms with Crippen molar-refractivity contribution in [2.75, 3.05) is 6.61 Å². The molecule has 0 aliphatic rings. The smallest absolute Gasteiger partial charge is 0.408 e. The summed E-state index contributed by atoms with van der Waals surface area (Å²) in [6.07, 6.45) is -0.544. The molecule has 1 atom stereocenters. The Morgan fingerprint density at radius 1 is 1.25 bits per heavy atom. The van der Waals surface area contributed by atoms with Gasteiger partial charge in [0.1, 0.15) is 12.6 Å². The van der Waals surface area contributed by atoms with E-state index in [9.17, 15) is 4.79 Å². The van der Waals surface area contributed by atoms with Crippen molar-refractivity contribution in [3.8, 4) is 0 Å². The van der Waals surface area contributed by atoms with E-state index in [4.69, 9.17) is 14.9 Å². The molecule has 1 rings (SSSR count). The zero-order chi connectivity index (χ0) is 15.0. The van der Waals surface area contributed by atoms with Gasteiger partial charge in [0.05, 0.1) is 6.61 Å². The summed E-state index contributed by atoms with van der Waals surface area (Å²) < 4.78 is 10.3. The number of ether oxygens (including phenoxy) is 2. The fraction of sp³-hybridized carbons (Fsp3) is 0.467. The number of carbonyl (C=O) groups excluding carboxylic acids is 1. The van der Waals surface area contributed by atoms with Crippen LogP contribution >= 0.6 is 0 Å². The second-order valence-corrected chi connectivity index (χ2v) is 4.73. The van der Waals surface area contributed by atoms with Gasteiger partial charge in [-0.2, -0.15) is 0 Å². The summed E-state index contributed by atoms with van der Waals surface area (Å²) in [5.41, 5.74) is 0.920. The molecule has 0 heterocycles. The summed E-state index contributed by atoms with van der Waals surface area (Å²) in [5.74, 6) is 0.109. The Morgan fingerprint density at radius 2 is 1.90 bits per heavy atom. The molecule has 0 aromatic heterocycles. The molecule has 0 aliphatic heterocycles. The van der Waals surface area contributed by atoms with E-state index in [-0.39, 0.29) is 18.4 Å². The summed E-state index contributed by atoms with van der Waals surface area (Å²) in [6.45, 7) is 6.24. The van der Waals surface area contributed by atoms with Crippen molar-refractivity contribution in [1.29, 1.82) is 5.41 Å². The maximum Gasteiger partial charge on any atom is 0.408 e. The largest absolute Gasteiger partial charge is 0.480 e. The molecule has 20 heavy (non-hydrogen) atoms. The summed E-state index contributed by atoms with van der Waals surface area (Å²) >= 11 is 0. The van der Waals surface area contributed by atoms with Gasteiger partial charge in [0.2, 0.25) is 5.90 Å². The lowest BCUT2D eigenvalue weighted by molar-refractivity contribution is 0.134. The number of amides is 1. The fourth-order valence-electron chi connectivity index (χ4n) is 1.67. The summed E-state index contributed by atoms with van der Waals surface area (Å²) in [7, 11) is 0. The van der Waals surface area contributed by atoms with Crippen molar-refractivity contribution in [3.63, 3.8) is 0 Å². The van der Waals surface area contributed by atoms with E-state index < -0.39 is 12.1 Å². The molecule has 1 amide bonds. The van der Waals surface area contributed by atoms with Gasteiger partial charge >= 0.3 is 6.09 Å². The highest BCUT2D eigenvalue weighted by Gasteiger charge is 2.22. The van der Waals surface area contributed by atoms with Crippen LogP contribution in [0, 0.1) is 11.3 Å². The molecular weight excluding hydrogens is 256 g/mol. The van der Waals surface area contributed by atoms with Crippen molar-refractivity contribution >= 4 is 12.0 Å². The molecule has 0 aliphatic carbocycles. The van der Waals surface area contributed by atoms with Gasteiger partial charge in [-0.05, 0) is 18.4 Å². The summed E-state index contributed by atoms with van der Waals surface area (Å²) in [4.78, 5) is 11.8. The van der Waals surface area contributed by atoms with E-state index in [0.717, 1.165) is 5.56 Å². The van der Waals surface area contributed by atoms with Crippen LogP contribution in [0.15, 0.2) is 30.3 Å². The Morgan fingerprint density at radius 3 is 2.45 bits per heavy atom. The van der Waals surface area contributed by atoms with Crippen LogP contribution in [0.3, 0.4) is 0 Å². The molecule has 1 aromatic carbocycles. The van der Waals surface area contributed by atoms with E-state index >= 15 is 0 Å². The van der Waals surface area contributed by atoms with Gasteiger partial charge in [0, 0.05) is 0 Å². The molecule has 0 fully saturated rings. The highest BCUT2D eigenvalue weighted by molar-refractivity contribution is 5.83. The van der Waals surface area contributed by atoms with Crippen LogP contribution in [-0.2, 0) is 16.1 Å². The van der Waals surface area contributed by atoms with Crippen LogP contribution < -0.4 is 5.32 Å². The number of benzene rings is 1. The van der Waals surface area contributed by atoms with Crippen LogP contribution in [0.25, 0.3) is 0 Å². The Kier molecular flexibility index (Phi) is 6.56. The van der Waals surface area contributed by atoms with Gasteiger partial charge < -0.3 is 14.8 Å². The lowest BCUT2D eigenvalue weighted by Crippen LogP contribution is -2.45. The number of hydrogen-bond acceptors (Lipinski definition) is 4. The van der Waals surface area contributed by atoms with Crippen molar-refractivity contribution in [3.05, 3.63) is 35.9 Å². The van der Waals surface area contributed by atoms with Gasteiger partial charge in [-0.3, -0.25) is 5.41 Å². The Balaban J connectivity index is 2.48. The molecule has 0 radical (unpaired) electrons. The Bertz CT molecular complexity index is 432. The topological polar surface area (TPSA) is 71.4 Å². The molecule has 2 N–H and O–H groups in total. The standard InChI is InChI=1S/C15H22N2O3/c1-4-19-14(16)13(11(2)3)17-15(18)20-10-12-8-6-5-7-9-12/h5-9,11,13,16H,4,10H2,1-3H3,(H,17,18)/t13-/m1/s1. The number of hydrogen-bond donors (Lipinski definition) is 2. The van der Waals surface area contributed by atoms with Crippen molar-refractivity contribution in [2.45, 2.75) is 33.4 Å². The third kappa shape index (κ3) is 5.30. The van der Waals surface area contributed by atoms with Gasteiger partial charge in [0.25, 0.3) is 0 Å². The third-order valence-electron chi connectivity index (χ3n) is 2.74. The lowest BCUT2D eigenvalue weighted by atomic mass is 10.0. The van der Waals surface area contributed by atoms with E-state index in [1.165, 1.54) is 0 Å². The maximum absolute atomic E-state index is 11.8. The van der Waals surface area contributed by atoms with E-state index in [2.05, 4.69) is 5.32 Å². The molecule has 0 unspecified atom stereocenters. The van der Waals surface area contributed by atoms with Gasteiger partial charge in [-0.15, -0.1) is 0 Å². The highest BCUT2D eigenvalue weighted by atomic mass is 16.5. The third-order valence-corrected chi connectivity index (χ3v) is 2.74. The van der Waals surface area contributed by atoms with Crippen LogP contribution in [0.1, 0.15) is 26.3 Å². The molecule has 110 valence electrons. The Hall–Kier alpha value is -2.04. The molecule has 0 spiro atoms. The second-order valence-electron chi connectivity index (χ2n) is 4.73. The van der Waals surface area contributed by atoms with Gasteiger partial charge in [-0.1, -0.05) is 44.2 Å². The van der Waals surface area contributed by atoms with E-state index in [1.54, 1.807) is 6.92 Å².